The predicted octanol–water partition coefficient (Wildman–Crippen LogP) is 3.27. The van der Waals surface area contributed by atoms with E-state index in [9.17, 15) is 15.0 Å². The number of allylic oxidation sites excluding steroid dienone is 3. The second-order valence-electron chi connectivity index (χ2n) is 7.11. The molecular weight excluding hydrogens is 332 g/mol. The molecule has 2 rings (SSSR count). The van der Waals surface area contributed by atoms with E-state index in [-0.39, 0.29) is 23.9 Å². The highest BCUT2D eigenvalue weighted by atomic mass is 16.5. The van der Waals surface area contributed by atoms with Crippen molar-refractivity contribution in [3.05, 3.63) is 36.1 Å². The van der Waals surface area contributed by atoms with Crippen LogP contribution >= 0.6 is 0 Å². The maximum Gasteiger partial charge on any atom is 0.305 e. The Morgan fingerprint density at radius 2 is 2.23 bits per heavy atom. The van der Waals surface area contributed by atoms with E-state index in [1.165, 1.54) is 7.11 Å². The van der Waals surface area contributed by atoms with E-state index < -0.39 is 12.2 Å². The molecule has 1 aliphatic heterocycles. The molecule has 0 amide bonds. The summed E-state index contributed by atoms with van der Waals surface area (Å²) in [7, 11) is 1.40. The minimum absolute atomic E-state index is 0.0192. The second kappa shape index (κ2) is 10.5. The summed E-state index contributed by atoms with van der Waals surface area (Å²) in [4.78, 5) is 11.1. The van der Waals surface area contributed by atoms with Gasteiger partial charge in [0.05, 0.1) is 25.1 Å². The van der Waals surface area contributed by atoms with Gasteiger partial charge in [-0.3, -0.25) is 4.79 Å². The molecule has 0 aromatic carbocycles. The van der Waals surface area contributed by atoms with Crippen LogP contribution in [0.25, 0.3) is 0 Å². The minimum atomic E-state index is -0.514. The van der Waals surface area contributed by atoms with E-state index in [0.717, 1.165) is 31.4 Å². The summed E-state index contributed by atoms with van der Waals surface area (Å²) in [6, 6.07) is 0. The molecule has 0 aromatic heterocycles. The number of rotatable bonds is 9. The van der Waals surface area contributed by atoms with Crippen molar-refractivity contribution in [2.45, 2.75) is 70.2 Å². The molecule has 2 aliphatic rings. The zero-order valence-electron chi connectivity index (χ0n) is 15.8. The molecule has 1 aliphatic carbocycles. The average molecular weight is 364 g/mol. The summed E-state index contributed by atoms with van der Waals surface area (Å²) in [6.45, 7) is 2.06. The van der Waals surface area contributed by atoms with Crippen molar-refractivity contribution in [1.29, 1.82) is 0 Å². The summed E-state index contributed by atoms with van der Waals surface area (Å²) >= 11 is 0. The van der Waals surface area contributed by atoms with Gasteiger partial charge in [-0.25, -0.2) is 0 Å². The zero-order chi connectivity index (χ0) is 18.9. The van der Waals surface area contributed by atoms with Gasteiger partial charge in [0, 0.05) is 31.1 Å². The predicted molar refractivity (Wildman–Crippen MR) is 100 cm³/mol. The summed E-state index contributed by atoms with van der Waals surface area (Å²) < 4.78 is 10.6. The van der Waals surface area contributed by atoms with E-state index in [2.05, 4.69) is 17.7 Å². The monoisotopic (exact) mass is 364 g/mol. The fraction of sp³-hybridized carbons (Fsp3) is 0.667. The molecule has 2 fully saturated rings. The van der Waals surface area contributed by atoms with Crippen molar-refractivity contribution in [3.8, 4) is 0 Å². The number of esters is 1. The van der Waals surface area contributed by atoms with Crippen LogP contribution < -0.4 is 0 Å². The van der Waals surface area contributed by atoms with Gasteiger partial charge < -0.3 is 19.7 Å². The van der Waals surface area contributed by atoms with Crippen LogP contribution in [-0.2, 0) is 14.3 Å². The standard InChI is InChI=1S/C21H32O5/c1-3-4-5-8-15(22)11-12-17-18-13-16(26-20(18)14-19(17)23)9-6-7-10-21(24)25-2/h4-5,9,11-12,15,17-20,22-23H,3,6-8,10,13-14H2,1-2H3. The Kier molecular flexibility index (Phi) is 8.39. The number of carbonyl (C=O) groups is 1. The molecule has 146 valence electrons. The van der Waals surface area contributed by atoms with Crippen molar-refractivity contribution < 1.29 is 24.5 Å². The highest BCUT2D eigenvalue weighted by molar-refractivity contribution is 5.69. The van der Waals surface area contributed by atoms with E-state index in [0.29, 0.717) is 19.3 Å². The van der Waals surface area contributed by atoms with Crippen LogP contribution in [0.1, 0.15) is 51.9 Å². The third-order valence-electron chi connectivity index (χ3n) is 5.15. The molecule has 5 unspecified atom stereocenters. The van der Waals surface area contributed by atoms with Gasteiger partial charge in [-0.05, 0) is 31.8 Å². The smallest absolute Gasteiger partial charge is 0.305 e. The first-order chi connectivity index (χ1) is 12.5. The SMILES string of the molecule is CCC=CCC(O)C=CC1C(O)CC2OC(=CCCCC(=O)OC)CC21. The Morgan fingerprint density at radius 1 is 1.42 bits per heavy atom. The van der Waals surface area contributed by atoms with Gasteiger partial charge in [0.25, 0.3) is 0 Å². The van der Waals surface area contributed by atoms with Crippen molar-refractivity contribution in [1.82, 2.24) is 0 Å². The van der Waals surface area contributed by atoms with Crippen LogP contribution in [0.15, 0.2) is 36.1 Å². The summed E-state index contributed by atoms with van der Waals surface area (Å²) in [5, 5.41) is 20.3. The highest BCUT2D eigenvalue weighted by Crippen LogP contribution is 2.45. The minimum Gasteiger partial charge on any atom is -0.495 e. The largest absolute Gasteiger partial charge is 0.495 e. The van der Waals surface area contributed by atoms with Crippen LogP contribution in [0.4, 0.5) is 0 Å². The molecule has 2 N–H and O–H groups in total. The lowest BCUT2D eigenvalue weighted by Gasteiger charge is -2.15. The number of carbonyl (C=O) groups excluding carboxylic acids is 1. The Morgan fingerprint density at radius 3 is 2.96 bits per heavy atom. The van der Waals surface area contributed by atoms with Crippen LogP contribution in [0.2, 0.25) is 0 Å². The molecule has 26 heavy (non-hydrogen) atoms. The van der Waals surface area contributed by atoms with Crippen molar-refractivity contribution in [2.24, 2.45) is 11.8 Å². The van der Waals surface area contributed by atoms with E-state index in [1.54, 1.807) is 6.08 Å². The molecule has 0 aromatic rings. The number of unbranched alkanes of at least 4 members (excludes halogenated alkanes) is 1. The number of aliphatic hydroxyl groups excluding tert-OH is 2. The highest BCUT2D eigenvalue weighted by Gasteiger charge is 2.46. The Balaban J connectivity index is 1.83. The first-order valence-corrected chi connectivity index (χ1v) is 9.67. The molecule has 1 saturated heterocycles. The Labute approximate surface area is 156 Å². The molecule has 5 heteroatoms. The molecular formula is C21H32O5. The lowest BCUT2D eigenvalue weighted by Crippen LogP contribution is -2.17. The first-order valence-electron chi connectivity index (χ1n) is 9.67. The van der Waals surface area contributed by atoms with Crippen LogP contribution in [0, 0.1) is 11.8 Å². The average Bonchev–Trinajstić information content (AvgIpc) is 3.13. The van der Waals surface area contributed by atoms with E-state index >= 15 is 0 Å². The quantitative estimate of drug-likeness (QED) is 0.373. The Bertz CT molecular complexity index is 537. The fourth-order valence-electron chi connectivity index (χ4n) is 3.73. The van der Waals surface area contributed by atoms with Gasteiger partial charge in [0.15, 0.2) is 0 Å². The van der Waals surface area contributed by atoms with Crippen LogP contribution in [-0.4, -0.2) is 41.6 Å². The number of hydrogen-bond donors (Lipinski definition) is 2. The normalized spacial score (nSPS) is 30.8. The number of fused-ring (bicyclic) bond motifs is 1. The summed E-state index contributed by atoms with van der Waals surface area (Å²) in [5.74, 6) is 1.05. The van der Waals surface area contributed by atoms with Crippen molar-refractivity contribution in [2.75, 3.05) is 7.11 Å². The van der Waals surface area contributed by atoms with E-state index in [1.807, 2.05) is 18.2 Å². The maximum absolute atomic E-state index is 11.1. The van der Waals surface area contributed by atoms with Gasteiger partial charge >= 0.3 is 5.97 Å². The second-order valence-corrected chi connectivity index (χ2v) is 7.11. The molecule has 1 heterocycles. The Hall–Kier alpha value is -1.59. The lowest BCUT2D eigenvalue weighted by atomic mass is 9.90. The van der Waals surface area contributed by atoms with Gasteiger partial charge in [0.1, 0.15) is 6.10 Å². The van der Waals surface area contributed by atoms with Gasteiger partial charge in [-0.2, -0.15) is 0 Å². The topological polar surface area (TPSA) is 76.0 Å². The lowest BCUT2D eigenvalue weighted by molar-refractivity contribution is -0.140. The van der Waals surface area contributed by atoms with Crippen molar-refractivity contribution in [3.63, 3.8) is 0 Å². The first kappa shape index (κ1) is 20.7. The van der Waals surface area contributed by atoms with Gasteiger partial charge in [-0.15, -0.1) is 0 Å². The number of ether oxygens (including phenoxy) is 2. The molecule has 0 spiro atoms. The summed E-state index contributed by atoms with van der Waals surface area (Å²) in [6.07, 6.45) is 13.9. The van der Waals surface area contributed by atoms with Crippen molar-refractivity contribution >= 4 is 5.97 Å². The molecule has 0 bridgehead atoms. The molecule has 1 saturated carbocycles. The third kappa shape index (κ3) is 5.99. The zero-order valence-corrected chi connectivity index (χ0v) is 15.8. The number of methoxy groups -OCH3 is 1. The third-order valence-corrected chi connectivity index (χ3v) is 5.15. The van der Waals surface area contributed by atoms with E-state index in [4.69, 9.17) is 4.74 Å². The van der Waals surface area contributed by atoms with Crippen LogP contribution in [0.3, 0.4) is 0 Å². The number of hydrogen-bond acceptors (Lipinski definition) is 5. The molecule has 5 atom stereocenters. The molecule has 5 nitrogen and oxygen atoms in total. The fourth-order valence-corrected chi connectivity index (χ4v) is 3.73. The van der Waals surface area contributed by atoms with Gasteiger partial charge in [0.2, 0.25) is 0 Å². The molecule has 0 radical (unpaired) electrons. The number of aliphatic hydroxyl groups is 2. The summed E-state index contributed by atoms with van der Waals surface area (Å²) in [5.41, 5.74) is 0. The van der Waals surface area contributed by atoms with Gasteiger partial charge in [-0.1, -0.05) is 31.2 Å². The van der Waals surface area contributed by atoms with Crippen LogP contribution in [0.5, 0.6) is 0 Å². The maximum atomic E-state index is 11.1.